The van der Waals surface area contributed by atoms with Gasteiger partial charge in [0, 0.05) is 61.2 Å². The fourth-order valence-electron chi connectivity index (χ4n) is 7.22. The van der Waals surface area contributed by atoms with E-state index in [0.29, 0.717) is 154 Å². The lowest BCUT2D eigenvalue weighted by molar-refractivity contribution is -0.124. The molecule has 61 heavy (non-hydrogen) atoms. The number of nitrogens with one attached hydrogen (secondary N) is 1. The van der Waals surface area contributed by atoms with Crippen molar-refractivity contribution in [3.8, 4) is 17.1 Å². The van der Waals surface area contributed by atoms with Gasteiger partial charge in [-0.05, 0) is 56.2 Å². The van der Waals surface area contributed by atoms with Gasteiger partial charge in [0.1, 0.15) is 40.7 Å². The molecule has 1 fully saturated rings. The van der Waals surface area contributed by atoms with Crippen molar-refractivity contribution in [2.45, 2.75) is 63.7 Å². The maximum absolute atomic E-state index is 13.1. The summed E-state index contributed by atoms with van der Waals surface area (Å²) in [6.45, 7) is 6.47. The first-order valence-electron chi connectivity index (χ1n) is 21.2. The minimum atomic E-state index is 0.0363. The molecule has 0 aliphatic heterocycles. The van der Waals surface area contributed by atoms with E-state index in [1.165, 1.54) is 6.33 Å². The van der Waals surface area contributed by atoms with Gasteiger partial charge in [0.05, 0.1) is 97.6 Å². The summed E-state index contributed by atoms with van der Waals surface area (Å²) in [4.78, 5) is 40.6. The number of benzene rings is 1. The van der Waals surface area contributed by atoms with Crippen LogP contribution in [0.1, 0.15) is 69.5 Å². The van der Waals surface area contributed by atoms with Crippen molar-refractivity contribution < 1.29 is 47.5 Å². The number of imidazole rings is 1. The first kappa shape index (κ1) is 47.3. The first-order chi connectivity index (χ1) is 30.0. The van der Waals surface area contributed by atoms with Crippen LogP contribution in [0.25, 0.3) is 38.3 Å². The van der Waals surface area contributed by atoms with Crippen LogP contribution in [0.3, 0.4) is 0 Å². The number of hydrogen-bond donors (Lipinski definition) is 2. The number of aromatic nitrogens is 5. The Morgan fingerprint density at radius 2 is 1.43 bits per heavy atom. The van der Waals surface area contributed by atoms with E-state index in [1.807, 2.05) is 28.8 Å². The van der Waals surface area contributed by atoms with Gasteiger partial charge in [-0.3, -0.25) is 9.59 Å². The molecule has 1 aromatic carbocycles. The molecule has 19 heteroatoms. The van der Waals surface area contributed by atoms with Crippen LogP contribution in [0.5, 0.6) is 5.75 Å². The molecule has 1 saturated carbocycles. The summed E-state index contributed by atoms with van der Waals surface area (Å²) in [7, 11) is 1.65. The van der Waals surface area contributed by atoms with Crippen LogP contribution in [0.2, 0.25) is 0 Å². The molecule has 3 aromatic heterocycles. The molecule has 1 aliphatic carbocycles. The molecule has 3 heterocycles. The lowest BCUT2D eigenvalue weighted by Gasteiger charge is -2.26. The number of hydrogen-bond acceptors (Lipinski definition) is 15. The van der Waals surface area contributed by atoms with E-state index >= 15 is 0 Å². The Morgan fingerprint density at radius 3 is 2.07 bits per heavy atom. The zero-order valence-corrected chi connectivity index (χ0v) is 35.3. The third-order valence-corrected chi connectivity index (χ3v) is 10.4. The number of fused-ring (bicyclic) bond motifs is 2. The number of ketones is 2. The Morgan fingerprint density at radius 1 is 0.820 bits per heavy atom. The van der Waals surface area contributed by atoms with Gasteiger partial charge < -0.3 is 48.6 Å². The number of para-hydroxylation sites is 1. The predicted octanol–water partition coefficient (Wildman–Crippen LogP) is 5.65. The SMILES string of the molecule is COc1cccc2cc(-c3nc(C4CCC(C(=O)CCCOCCOCCOCCCC(=O)CCOCCOCCOCCOCCN=[N+]=[N-])CC4)n4ncnc(N)c34)[nH]c12. The van der Waals surface area contributed by atoms with E-state index in [2.05, 4.69) is 25.1 Å². The van der Waals surface area contributed by atoms with Crippen molar-refractivity contribution in [2.75, 3.05) is 112 Å². The number of aromatic amines is 1. The number of nitrogens with two attached hydrogens (primary N) is 1. The first-order valence-corrected chi connectivity index (χ1v) is 21.2. The van der Waals surface area contributed by atoms with Crippen LogP contribution in [0, 0.1) is 5.92 Å². The molecule has 0 spiro atoms. The maximum Gasteiger partial charge on any atom is 0.153 e. The lowest BCUT2D eigenvalue weighted by Crippen LogP contribution is -2.22. The Bertz CT molecular complexity index is 1960. The van der Waals surface area contributed by atoms with E-state index in [9.17, 15) is 9.59 Å². The molecule has 0 radical (unpaired) electrons. The van der Waals surface area contributed by atoms with Crippen molar-refractivity contribution in [2.24, 2.45) is 11.0 Å². The Hall–Kier alpha value is -4.72. The topological polar surface area (TPSA) is 242 Å². The molecule has 1 aliphatic rings. The fourth-order valence-corrected chi connectivity index (χ4v) is 7.22. The minimum absolute atomic E-state index is 0.0363. The highest BCUT2D eigenvalue weighted by Gasteiger charge is 2.31. The number of nitrogens with zero attached hydrogens (tertiary/aromatic N) is 7. The van der Waals surface area contributed by atoms with Gasteiger partial charge in [0.15, 0.2) is 5.82 Å². The number of H-pyrrole nitrogens is 1. The summed E-state index contributed by atoms with van der Waals surface area (Å²) in [6, 6.07) is 7.92. The van der Waals surface area contributed by atoms with Gasteiger partial charge in [-0.15, -0.1) is 0 Å². The molecule has 3 N–H and O–H groups in total. The summed E-state index contributed by atoms with van der Waals surface area (Å²) in [5, 5.41) is 8.92. The van der Waals surface area contributed by atoms with E-state index in [1.54, 1.807) is 7.11 Å². The summed E-state index contributed by atoms with van der Waals surface area (Å²) < 4.78 is 45.7. The molecule has 0 saturated heterocycles. The highest BCUT2D eigenvalue weighted by molar-refractivity contribution is 5.93. The molecule has 0 unspecified atom stereocenters. The van der Waals surface area contributed by atoms with Gasteiger partial charge >= 0.3 is 0 Å². The van der Waals surface area contributed by atoms with Crippen LogP contribution >= 0.6 is 0 Å². The van der Waals surface area contributed by atoms with Gasteiger partial charge in [0.25, 0.3) is 0 Å². The van der Waals surface area contributed by atoms with Gasteiger partial charge in [-0.1, -0.05) is 17.2 Å². The molecule has 0 bridgehead atoms. The second kappa shape index (κ2) is 27.3. The third-order valence-electron chi connectivity index (χ3n) is 10.4. The largest absolute Gasteiger partial charge is 0.495 e. The zero-order valence-electron chi connectivity index (χ0n) is 35.3. The molecule has 334 valence electrons. The standard InChI is InChI=1S/C42H61N9O10/c1-54-37-8-2-5-33-29-35(48-38(33)37)39-40-41(43)45-30-47-51(40)42(49-39)32-11-9-31(10-12-32)36(53)7-4-16-56-20-24-59-23-19-55-15-3-6-34(52)13-17-57-21-25-60-27-28-61-26-22-58-18-14-46-50-44/h2,5,8,29-32,48H,3-4,6-7,9-28H2,1H3,(H2,43,45,47). The Balaban J connectivity index is 0.827. The highest BCUT2D eigenvalue weighted by atomic mass is 16.6. The molecule has 4 aromatic rings. The van der Waals surface area contributed by atoms with Crippen molar-refractivity contribution in [1.82, 2.24) is 24.6 Å². The lowest BCUT2D eigenvalue weighted by atomic mass is 9.79. The second-order valence-electron chi connectivity index (χ2n) is 14.6. The number of ether oxygens (including phenoxy) is 8. The van der Waals surface area contributed by atoms with E-state index in [4.69, 9.17) is 54.1 Å². The average Bonchev–Trinajstić information content (AvgIpc) is 3.90. The van der Waals surface area contributed by atoms with E-state index < -0.39 is 0 Å². The van der Waals surface area contributed by atoms with Crippen molar-refractivity contribution >= 4 is 33.8 Å². The average molecular weight is 852 g/mol. The van der Waals surface area contributed by atoms with Crippen molar-refractivity contribution in [1.29, 1.82) is 0 Å². The number of anilines is 1. The van der Waals surface area contributed by atoms with Gasteiger partial charge in [-0.25, -0.2) is 14.5 Å². The smallest absolute Gasteiger partial charge is 0.153 e. The quantitative estimate of drug-likeness (QED) is 0.0255. The molecule has 19 nitrogen and oxygen atoms in total. The number of carbonyl (C=O) groups is 2. The zero-order chi connectivity index (χ0) is 42.9. The highest BCUT2D eigenvalue weighted by Crippen LogP contribution is 2.39. The molecule has 0 atom stereocenters. The molecular formula is C42H61N9O10. The normalized spacial score (nSPS) is 15.4. The van der Waals surface area contributed by atoms with Gasteiger partial charge in [-0.2, -0.15) is 5.10 Å². The third kappa shape index (κ3) is 15.6. The second-order valence-corrected chi connectivity index (χ2v) is 14.6. The van der Waals surface area contributed by atoms with Crippen molar-refractivity contribution in [3.63, 3.8) is 0 Å². The summed E-state index contributed by atoms with van der Waals surface area (Å²) in [5.41, 5.74) is 17.6. The van der Waals surface area contributed by atoms with E-state index in [-0.39, 0.29) is 17.6 Å². The number of rotatable bonds is 33. The van der Waals surface area contributed by atoms with Crippen molar-refractivity contribution in [3.05, 3.63) is 46.9 Å². The maximum atomic E-state index is 13.1. The van der Waals surface area contributed by atoms with Crippen LogP contribution < -0.4 is 10.5 Å². The Kier molecular flexibility index (Phi) is 21.2. The monoisotopic (exact) mass is 851 g/mol. The number of azide groups is 1. The van der Waals surface area contributed by atoms with Crippen LogP contribution in [0.4, 0.5) is 5.82 Å². The minimum Gasteiger partial charge on any atom is -0.495 e. The molecular weight excluding hydrogens is 791 g/mol. The van der Waals surface area contributed by atoms with Crippen LogP contribution in [0.15, 0.2) is 35.7 Å². The summed E-state index contributed by atoms with van der Waals surface area (Å²) in [5.74, 6) is 2.55. The van der Waals surface area contributed by atoms with E-state index in [0.717, 1.165) is 53.9 Å². The molecule has 0 amide bonds. The predicted molar refractivity (Wildman–Crippen MR) is 227 cm³/mol. The Labute approximate surface area is 355 Å². The van der Waals surface area contributed by atoms with Crippen LogP contribution in [-0.4, -0.2) is 142 Å². The number of nitrogen functional groups attached to an aromatic ring is 1. The molecule has 5 rings (SSSR count). The summed E-state index contributed by atoms with van der Waals surface area (Å²) >= 11 is 0. The number of Topliss-reactive ketones (excluding diaryl/α,β-unsaturated/α-hetero) is 2. The fraction of sp³-hybridized carbons (Fsp3) is 0.643. The van der Waals surface area contributed by atoms with Gasteiger partial charge in [0.2, 0.25) is 0 Å². The number of methoxy groups -OCH3 is 1. The number of carbonyl (C=O) groups excluding carboxylic acids is 2. The van der Waals surface area contributed by atoms with Crippen LogP contribution in [-0.2, 0) is 42.7 Å². The summed E-state index contributed by atoms with van der Waals surface area (Å²) in [6.07, 6.45) is 7.38.